The first-order valence-electron chi connectivity index (χ1n) is 6.21. The van der Waals surface area contributed by atoms with Gasteiger partial charge in [0.25, 0.3) is 0 Å². The first kappa shape index (κ1) is 11.6. The molecule has 0 amide bonds. The van der Waals surface area contributed by atoms with Crippen molar-refractivity contribution >= 4 is 0 Å². The number of hydrogen-bond acceptors (Lipinski definition) is 2. The molecule has 0 aliphatic heterocycles. The van der Waals surface area contributed by atoms with Gasteiger partial charge in [-0.05, 0) is 43.4 Å². The van der Waals surface area contributed by atoms with Crippen LogP contribution in [0.1, 0.15) is 29.5 Å². The molecule has 0 aromatic heterocycles. The van der Waals surface area contributed by atoms with Crippen LogP contribution < -0.4 is 5.73 Å². The molecule has 0 spiro atoms. The van der Waals surface area contributed by atoms with Gasteiger partial charge in [-0.2, -0.15) is 0 Å². The summed E-state index contributed by atoms with van der Waals surface area (Å²) in [4.78, 5) is 2.52. The maximum absolute atomic E-state index is 5.66. The lowest BCUT2D eigenvalue weighted by molar-refractivity contribution is 0.262. The van der Waals surface area contributed by atoms with E-state index in [2.05, 4.69) is 36.9 Å². The smallest absolute Gasteiger partial charge is 0.0237 e. The summed E-state index contributed by atoms with van der Waals surface area (Å²) < 4.78 is 0. The molecular formula is C14H22N2. The van der Waals surface area contributed by atoms with Gasteiger partial charge in [0, 0.05) is 25.7 Å². The van der Waals surface area contributed by atoms with Crippen LogP contribution in [-0.2, 0) is 6.54 Å². The Morgan fingerprint density at radius 2 is 2.00 bits per heavy atom. The Bertz CT molecular complexity index is 356. The van der Waals surface area contributed by atoms with Crippen molar-refractivity contribution < 1.29 is 0 Å². The number of nitrogens with two attached hydrogens (primary N) is 1. The van der Waals surface area contributed by atoms with Crippen LogP contribution in [0.3, 0.4) is 0 Å². The van der Waals surface area contributed by atoms with Crippen LogP contribution in [0.4, 0.5) is 0 Å². The van der Waals surface area contributed by atoms with E-state index in [9.17, 15) is 0 Å². The second-order valence-electron chi connectivity index (χ2n) is 4.91. The van der Waals surface area contributed by atoms with Crippen LogP contribution in [0.25, 0.3) is 0 Å². The summed E-state index contributed by atoms with van der Waals surface area (Å²) in [5.41, 5.74) is 9.85. The van der Waals surface area contributed by atoms with Crippen molar-refractivity contribution in [1.29, 1.82) is 0 Å². The molecule has 0 radical (unpaired) electrons. The molecule has 0 saturated heterocycles. The van der Waals surface area contributed by atoms with E-state index in [1.165, 1.54) is 29.5 Å². The van der Waals surface area contributed by atoms with E-state index in [0.717, 1.165) is 25.7 Å². The number of benzene rings is 1. The SMILES string of the molecule is Cc1ccc(CN(CCN)C2CC2)cc1C. The normalized spacial score (nSPS) is 15.8. The lowest BCUT2D eigenvalue weighted by atomic mass is 10.1. The Morgan fingerprint density at radius 3 is 2.56 bits per heavy atom. The molecule has 2 N–H and O–H groups in total. The highest BCUT2D eigenvalue weighted by molar-refractivity contribution is 5.29. The van der Waals surface area contributed by atoms with Gasteiger partial charge in [-0.1, -0.05) is 18.2 Å². The monoisotopic (exact) mass is 218 g/mol. The van der Waals surface area contributed by atoms with Crippen molar-refractivity contribution in [3.63, 3.8) is 0 Å². The van der Waals surface area contributed by atoms with E-state index in [1.54, 1.807) is 0 Å². The molecule has 16 heavy (non-hydrogen) atoms. The molecule has 2 nitrogen and oxygen atoms in total. The highest BCUT2D eigenvalue weighted by Crippen LogP contribution is 2.28. The van der Waals surface area contributed by atoms with Crippen LogP contribution in [0.15, 0.2) is 18.2 Å². The Kier molecular flexibility index (Phi) is 3.62. The summed E-state index contributed by atoms with van der Waals surface area (Å²) in [7, 11) is 0. The van der Waals surface area contributed by atoms with Crippen molar-refractivity contribution in [2.24, 2.45) is 5.73 Å². The molecule has 1 aromatic carbocycles. The molecule has 1 aliphatic carbocycles. The van der Waals surface area contributed by atoms with Gasteiger partial charge >= 0.3 is 0 Å². The first-order valence-corrected chi connectivity index (χ1v) is 6.21. The average Bonchev–Trinajstić information content (AvgIpc) is 3.06. The summed E-state index contributed by atoms with van der Waals surface area (Å²) in [5, 5.41) is 0. The van der Waals surface area contributed by atoms with E-state index in [4.69, 9.17) is 5.73 Å². The Labute approximate surface area is 98.4 Å². The Hall–Kier alpha value is -0.860. The zero-order chi connectivity index (χ0) is 11.5. The highest BCUT2D eigenvalue weighted by atomic mass is 15.2. The van der Waals surface area contributed by atoms with Crippen molar-refractivity contribution in [2.45, 2.75) is 39.3 Å². The topological polar surface area (TPSA) is 29.3 Å². The maximum Gasteiger partial charge on any atom is 0.0237 e. The van der Waals surface area contributed by atoms with Gasteiger partial charge in [0.1, 0.15) is 0 Å². The number of aryl methyl sites for hydroxylation is 2. The zero-order valence-electron chi connectivity index (χ0n) is 10.4. The van der Waals surface area contributed by atoms with Crippen molar-refractivity contribution in [2.75, 3.05) is 13.1 Å². The second kappa shape index (κ2) is 4.98. The molecule has 0 atom stereocenters. The minimum absolute atomic E-state index is 0.765. The minimum atomic E-state index is 0.765. The highest BCUT2D eigenvalue weighted by Gasteiger charge is 2.28. The van der Waals surface area contributed by atoms with E-state index >= 15 is 0 Å². The molecule has 2 heteroatoms. The number of nitrogens with zero attached hydrogens (tertiary/aromatic N) is 1. The molecule has 2 rings (SSSR count). The number of hydrogen-bond donors (Lipinski definition) is 1. The Balaban J connectivity index is 2.03. The standard InChI is InChI=1S/C14H22N2/c1-11-3-4-13(9-12(11)2)10-16(8-7-15)14-5-6-14/h3-4,9,14H,5-8,10,15H2,1-2H3. The quantitative estimate of drug-likeness (QED) is 0.821. The molecule has 1 aliphatic rings. The summed E-state index contributed by atoms with van der Waals surface area (Å²) in [5.74, 6) is 0. The third-order valence-electron chi connectivity index (χ3n) is 3.44. The predicted molar refractivity (Wildman–Crippen MR) is 68.4 cm³/mol. The van der Waals surface area contributed by atoms with Gasteiger partial charge in [0.15, 0.2) is 0 Å². The van der Waals surface area contributed by atoms with Crippen molar-refractivity contribution in [3.05, 3.63) is 34.9 Å². The lowest BCUT2D eigenvalue weighted by Crippen LogP contribution is -2.31. The Morgan fingerprint density at radius 1 is 1.25 bits per heavy atom. The van der Waals surface area contributed by atoms with E-state index in [0.29, 0.717) is 0 Å². The van der Waals surface area contributed by atoms with Gasteiger partial charge in [-0.25, -0.2) is 0 Å². The third kappa shape index (κ3) is 2.83. The van der Waals surface area contributed by atoms with E-state index in [-0.39, 0.29) is 0 Å². The van der Waals surface area contributed by atoms with Crippen LogP contribution in [-0.4, -0.2) is 24.0 Å². The maximum atomic E-state index is 5.66. The predicted octanol–water partition coefficient (Wildman–Crippen LogP) is 2.23. The second-order valence-corrected chi connectivity index (χ2v) is 4.91. The summed E-state index contributed by atoms with van der Waals surface area (Å²) in [6, 6.07) is 7.57. The van der Waals surface area contributed by atoms with Crippen molar-refractivity contribution in [1.82, 2.24) is 4.90 Å². The summed E-state index contributed by atoms with van der Waals surface area (Å²) in [6.07, 6.45) is 2.70. The van der Waals surface area contributed by atoms with Gasteiger partial charge in [0.05, 0.1) is 0 Å². The molecule has 1 fully saturated rings. The molecule has 1 saturated carbocycles. The zero-order valence-corrected chi connectivity index (χ0v) is 10.4. The fraction of sp³-hybridized carbons (Fsp3) is 0.571. The van der Waals surface area contributed by atoms with E-state index in [1.807, 2.05) is 0 Å². The van der Waals surface area contributed by atoms with Crippen LogP contribution in [0, 0.1) is 13.8 Å². The minimum Gasteiger partial charge on any atom is -0.329 e. The third-order valence-corrected chi connectivity index (χ3v) is 3.44. The largest absolute Gasteiger partial charge is 0.329 e. The van der Waals surface area contributed by atoms with Crippen LogP contribution in [0.2, 0.25) is 0 Å². The average molecular weight is 218 g/mol. The van der Waals surface area contributed by atoms with Gasteiger partial charge in [-0.15, -0.1) is 0 Å². The molecular weight excluding hydrogens is 196 g/mol. The van der Waals surface area contributed by atoms with Crippen LogP contribution in [0.5, 0.6) is 0 Å². The molecule has 0 unspecified atom stereocenters. The molecule has 0 heterocycles. The number of rotatable bonds is 5. The fourth-order valence-corrected chi connectivity index (χ4v) is 2.13. The van der Waals surface area contributed by atoms with E-state index < -0.39 is 0 Å². The molecule has 1 aromatic rings. The van der Waals surface area contributed by atoms with Gasteiger partial charge in [-0.3, -0.25) is 4.90 Å². The first-order chi connectivity index (χ1) is 7.70. The molecule has 88 valence electrons. The molecule has 0 bridgehead atoms. The summed E-state index contributed by atoms with van der Waals surface area (Å²) >= 11 is 0. The summed E-state index contributed by atoms with van der Waals surface area (Å²) in [6.45, 7) is 7.20. The van der Waals surface area contributed by atoms with Gasteiger partial charge in [0.2, 0.25) is 0 Å². The van der Waals surface area contributed by atoms with Gasteiger partial charge < -0.3 is 5.73 Å². The van der Waals surface area contributed by atoms with Crippen LogP contribution >= 0.6 is 0 Å². The van der Waals surface area contributed by atoms with Crippen molar-refractivity contribution in [3.8, 4) is 0 Å². The fourth-order valence-electron chi connectivity index (χ4n) is 2.13. The lowest BCUT2D eigenvalue weighted by Gasteiger charge is -2.21.